The van der Waals surface area contributed by atoms with Gasteiger partial charge in [0.15, 0.2) is 0 Å². The number of carbonyl (C=O) groups excluding carboxylic acids is 2. The normalized spacial score (nSPS) is 28.5. The van der Waals surface area contributed by atoms with Gasteiger partial charge in [-0.1, -0.05) is 0 Å². The summed E-state index contributed by atoms with van der Waals surface area (Å²) in [5, 5.41) is 8.67. The summed E-state index contributed by atoms with van der Waals surface area (Å²) < 4.78 is 0. The highest BCUT2D eigenvalue weighted by atomic mass is 16.4. The van der Waals surface area contributed by atoms with Gasteiger partial charge >= 0.3 is 5.97 Å². The molecule has 0 saturated carbocycles. The van der Waals surface area contributed by atoms with Crippen molar-refractivity contribution >= 4 is 17.8 Å². The van der Waals surface area contributed by atoms with E-state index in [1.165, 1.54) is 7.05 Å². The molecule has 0 radical (unpaired) electrons. The summed E-state index contributed by atoms with van der Waals surface area (Å²) in [6, 6.07) is -0.152. The number of carbonyl (C=O) groups is 3. The zero-order valence-corrected chi connectivity index (χ0v) is 8.47. The van der Waals surface area contributed by atoms with Gasteiger partial charge in [-0.15, -0.1) is 0 Å². The molecular formula is C9H14N2O4. The smallest absolute Gasteiger partial charge is 0.316 e. The van der Waals surface area contributed by atoms with Crippen molar-refractivity contribution in [2.75, 3.05) is 7.05 Å². The molecular weight excluding hydrogens is 200 g/mol. The summed E-state index contributed by atoms with van der Waals surface area (Å²) in [5.41, 5.74) is 4.50. The zero-order valence-electron chi connectivity index (χ0n) is 8.47. The van der Waals surface area contributed by atoms with Crippen LogP contribution in [0.5, 0.6) is 0 Å². The Labute approximate surface area is 87.0 Å². The minimum Gasteiger partial charge on any atom is -0.481 e. The SMILES string of the molecule is CN.O=C(O)C1CC2CCC(=O)N2C1=O. The van der Waals surface area contributed by atoms with Crippen LogP contribution in [0.15, 0.2) is 0 Å². The summed E-state index contributed by atoms with van der Waals surface area (Å²) in [7, 11) is 1.50. The van der Waals surface area contributed by atoms with E-state index < -0.39 is 17.8 Å². The molecule has 2 aliphatic heterocycles. The first-order chi connectivity index (χ1) is 7.11. The molecule has 0 aromatic rings. The van der Waals surface area contributed by atoms with Crippen LogP contribution in [0.1, 0.15) is 19.3 Å². The van der Waals surface area contributed by atoms with E-state index in [1.807, 2.05) is 0 Å². The summed E-state index contributed by atoms with van der Waals surface area (Å²) in [6.07, 6.45) is 1.29. The quantitative estimate of drug-likeness (QED) is 0.439. The van der Waals surface area contributed by atoms with Gasteiger partial charge in [-0.25, -0.2) is 0 Å². The zero-order chi connectivity index (χ0) is 11.6. The topological polar surface area (TPSA) is 101 Å². The Morgan fingerprint density at radius 1 is 1.47 bits per heavy atom. The Morgan fingerprint density at radius 2 is 2.07 bits per heavy atom. The lowest BCUT2D eigenvalue weighted by Crippen LogP contribution is -2.34. The van der Waals surface area contributed by atoms with Gasteiger partial charge in [0.2, 0.25) is 11.8 Å². The third-order valence-electron chi connectivity index (χ3n) is 2.67. The molecule has 2 heterocycles. The van der Waals surface area contributed by atoms with Crippen molar-refractivity contribution in [3.63, 3.8) is 0 Å². The van der Waals surface area contributed by atoms with Crippen LogP contribution >= 0.6 is 0 Å². The van der Waals surface area contributed by atoms with Crippen molar-refractivity contribution < 1.29 is 19.5 Å². The lowest BCUT2D eigenvalue weighted by atomic mass is 10.0. The fourth-order valence-electron chi connectivity index (χ4n) is 2.02. The molecule has 0 aliphatic carbocycles. The summed E-state index contributed by atoms with van der Waals surface area (Å²) in [5.74, 6) is -2.86. The highest BCUT2D eigenvalue weighted by molar-refractivity contribution is 6.07. The molecule has 0 aromatic heterocycles. The molecule has 0 bridgehead atoms. The van der Waals surface area contributed by atoms with Crippen LogP contribution in [-0.4, -0.2) is 40.9 Å². The van der Waals surface area contributed by atoms with E-state index in [1.54, 1.807) is 0 Å². The number of amides is 2. The maximum atomic E-state index is 11.4. The Kier molecular flexibility index (Phi) is 3.41. The summed E-state index contributed by atoms with van der Waals surface area (Å²) in [4.78, 5) is 34.2. The largest absolute Gasteiger partial charge is 0.481 e. The van der Waals surface area contributed by atoms with Crippen LogP contribution in [-0.2, 0) is 14.4 Å². The van der Waals surface area contributed by atoms with Gasteiger partial charge in [0.1, 0.15) is 5.92 Å². The molecule has 2 rings (SSSR count). The Hall–Kier alpha value is -1.43. The molecule has 0 spiro atoms. The van der Waals surface area contributed by atoms with Crippen LogP contribution in [0, 0.1) is 5.92 Å². The molecule has 2 atom stereocenters. The Bertz CT molecular complexity index is 302. The van der Waals surface area contributed by atoms with Crippen molar-refractivity contribution in [2.45, 2.75) is 25.3 Å². The van der Waals surface area contributed by atoms with Crippen molar-refractivity contribution in [3.05, 3.63) is 0 Å². The molecule has 6 nitrogen and oxygen atoms in total. The van der Waals surface area contributed by atoms with E-state index in [0.717, 1.165) is 4.90 Å². The number of aliphatic carboxylic acids is 1. The van der Waals surface area contributed by atoms with E-state index in [2.05, 4.69) is 5.73 Å². The van der Waals surface area contributed by atoms with Crippen LogP contribution in [0.3, 0.4) is 0 Å². The first-order valence-corrected chi connectivity index (χ1v) is 4.77. The highest BCUT2D eigenvalue weighted by Crippen LogP contribution is 2.33. The number of hydrogen-bond acceptors (Lipinski definition) is 4. The lowest BCUT2D eigenvalue weighted by Gasteiger charge is -2.11. The fourth-order valence-corrected chi connectivity index (χ4v) is 2.02. The minimum absolute atomic E-state index is 0.152. The first-order valence-electron chi connectivity index (χ1n) is 4.77. The molecule has 84 valence electrons. The van der Waals surface area contributed by atoms with Crippen molar-refractivity contribution in [1.82, 2.24) is 4.90 Å². The third kappa shape index (κ3) is 1.85. The van der Waals surface area contributed by atoms with Crippen LogP contribution in [0.4, 0.5) is 0 Å². The maximum absolute atomic E-state index is 11.4. The lowest BCUT2D eigenvalue weighted by molar-refractivity contribution is -0.149. The Balaban J connectivity index is 0.000000531. The average Bonchev–Trinajstić information content (AvgIpc) is 2.72. The second-order valence-electron chi connectivity index (χ2n) is 3.42. The summed E-state index contributed by atoms with van der Waals surface area (Å²) in [6.45, 7) is 0. The maximum Gasteiger partial charge on any atom is 0.316 e. The van der Waals surface area contributed by atoms with E-state index in [-0.39, 0.29) is 11.9 Å². The van der Waals surface area contributed by atoms with Gasteiger partial charge in [0.05, 0.1) is 0 Å². The van der Waals surface area contributed by atoms with Crippen LogP contribution in [0.2, 0.25) is 0 Å². The van der Waals surface area contributed by atoms with Gasteiger partial charge in [-0.2, -0.15) is 0 Å². The van der Waals surface area contributed by atoms with Gasteiger partial charge in [0, 0.05) is 12.5 Å². The third-order valence-corrected chi connectivity index (χ3v) is 2.67. The molecule has 3 N–H and O–H groups in total. The number of fused-ring (bicyclic) bond motifs is 1. The standard InChI is InChI=1S/C8H9NO4.CH5N/c10-6-2-1-4-3-5(8(12)13)7(11)9(4)6;1-2/h4-5H,1-3H2,(H,12,13);2H2,1H3. The number of carboxylic acid groups (broad SMARTS) is 1. The van der Waals surface area contributed by atoms with E-state index in [4.69, 9.17) is 5.11 Å². The second-order valence-corrected chi connectivity index (χ2v) is 3.42. The average molecular weight is 214 g/mol. The second kappa shape index (κ2) is 4.39. The van der Waals surface area contributed by atoms with Gasteiger partial charge in [-0.05, 0) is 19.9 Å². The van der Waals surface area contributed by atoms with Gasteiger partial charge < -0.3 is 10.8 Å². The predicted octanol–water partition coefficient (Wildman–Crippen LogP) is -0.817. The molecule has 6 heteroatoms. The fraction of sp³-hybridized carbons (Fsp3) is 0.667. The monoisotopic (exact) mass is 214 g/mol. The molecule has 2 saturated heterocycles. The number of carboxylic acids is 1. The molecule has 2 fully saturated rings. The highest BCUT2D eigenvalue weighted by Gasteiger charge is 2.49. The molecule has 2 aliphatic rings. The van der Waals surface area contributed by atoms with Crippen LogP contribution < -0.4 is 5.73 Å². The number of nitrogens with two attached hydrogens (primary N) is 1. The number of nitrogens with zero attached hydrogens (tertiary/aromatic N) is 1. The minimum atomic E-state index is -1.12. The van der Waals surface area contributed by atoms with Gasteiger partial charge in [0.25, 0.3) is 0 Å². The number of hydrogen-bond donors (Lipinski definition) is 2. The van der Waals surface area contributed by atoms with Crippen molar-refractivity contribution in [1.29, 1.82) is 0 Å². The first kappa shape index (κ1) is 11.6. The molecule has 0 aromatic carbocycles. The number of rotatable bonds is 1. The summed E-state index contributed by atoms with van der Waals surface area (Å²) >= 11 is 0. The molecule has 2 unspecified atom stereocenters. The van der Waals surface area contributed by atoms with Crippen molar-refractivity contribution in [3.8, 4) is 0 Å². The predicted molar refractivity (Wildman–Crippen MR) is 50.7 cm³/mol. The van der Waals surface area contributed by atoms with E-state index in [9.17, 15) is 14.4 Å². The Morgan fingerprint density at radius 3 is 2.53 bits per heavy atom. The molecule has 15 heavy (non-hydrogen) atoms. The van der Waals surface area contributed by atoms with E-state index >= 15 is 0 Å². The molecule has 2 amide bonds. The van der Waals surface area contributed by atoms with Crippen molar-refractivity contribution in [2.24, 2.45) is 11.7 Å². The van der Waals surface area contributed by atoms with Crippen LogP contribution in [0.25, 0.3) is 0 Å². The van der Waals surface area contributed by atoms with E-state index in [0.29, 0.717) is 19.3 Å². The van der Waals surface area contributed by atoms with Gasteiger partial charge in [-0.3, -0.25) is 19.3 Å². The number of imide groups is 1.